The second kappa shape index (κ2) is 9.01. The number of ether oxygens (including phenoxy) is 2. The van der Waals surface area contributed by atoms with E-state index in [1.807, 2.05) is 17.8 Å². The van der Waals surface area contributed by atoms with E-state index < -0.39 is 0 Å². The Bertz CT molecular complexity index is 864. The molecular weight excluding hydrogens is 380 g/mol. The lowest BCUT2D eigenvalue weighted by Gasteiger charge is -2.26. The maximum Gasteiger partial charge on any atom is 0.251 e. The number of hydrogen-bond donors (Lipinski definition) is 2. The number of benzene rings is 1. The number of imidazole rings is 1. The van der Waals surface area contributed by atoms with Gasteiger partial charge >= 0.3 is 0 Å². The van der Waals surface area contributed by atoms with Gasteiger partial charge in [-0.15, -0.1) is 0 Å². The maximum atomic E-state index is 12.5. The van der Waals surface area contributed by atoms with Gasteiger partial charge in [0.15, 0.2) is 16.7 Å². The molecule has 0 unspecified atom stereocenters. The second-order valence-corrected chi connectivity index (χ2v) is 7.46. The van der Waals surface area contributed by atoms with E-state index in [-0.39, 0.29) is 23.6 Å². The van der Waals surface area contributed by atoms with Crippen LogP contribution in [0, 0.1) is 0 Å². The molecule has 2 aromatic rings. The molecule has 3 rings (SSSR count). The molecule has 2 N–H and O–H groups in total. The van der Waals surface area contributed by atoms with E-state index >= 15 is 0 Å². The normalized spacial score (nSPS) is 13.5. The number of nitrogens with one attached hydrogen (secondary N) is 2. The largest absolute Gasteiger partial charge is 0.493 e. The van der Waals surface area contributed by atoms with Crippen LogP contribution in [0.3, 0.4) is 0 Å². The molecule has 0 atom stereocenters. The number of nitrogens with zero attached hydrogens (tertiary/aromatic N) is 2. The lowest BCUT2D eigenvalue weighted by molar-refractivity contribution is -0.113. The first-order chi connectivity index (χ1) is 13.5. The summed E-state index contributed by atoms with van der Waals surface area (Å²) in [6, 6.07) is 3.44. The van der Waals surface area contributed by atoms with Crippen LogP contribution in [-0.4, -0.2) is 47.4 Å². The van der Waals surface area contributed by atoms with Gasteiger partial charge in [0.2, 0.25) is 5.91 Å². The van der Waals surface area contributed by atoms with Gasteiger partial charge in [-0.25, -0.2) is 4.98 Å². The zero-order chi connectivity index (χ0) is 20.1. The Balaban J connectivity index is 1.75. The van der Waals surface area contributed by atoms with Crippen molar-refractivity contribution < 1.29 is 19.1 Å². The predicted molar refractivity (Wildman–Crippen MR) is 107 cm³/mol. The Hall–Kier alpha value is -2.68. The van der Waals surface area contributed by atoms with Crippen molar-refractivity contribution in [3.05, 3.63) is 30.1 Å². The summed E-state index contributed by atoms with van der Waals surface area (Å²) in [7, 11) is 4.85. The Labute approximate surface area is 168 Å². The third kappa shape index (κ3) is 4.59. The number of carbonyl (C=O) groups is 2. The minimum absolute atomic E-state index is 0.175. The Kier molecular flexibility index (Phi) is 6.45. The van der Waals surface area contributed by atoms with Crippen molar-refractivity contribution in [3.8, 4) is 11.5 Å². The molecule has 9 heteroatoms. The Morgan fingerprint density at radius 3 is 2.64 bits per heavy atom. The molecule has 0 radical (unpaired) electrons. The number of aryl methyl sites for hydroxylation is 1. The fraction of sp³-hybridized carbons (Fsp3) is 0.421. The molecule has 1 aromatic carbocycles. The molecule has 1 heterocycles. The highest BCUT2D eigenvalue weighted by Crippen LogP contribution is 2.37. The monoisotopic (exact) mass is 404 g/mol. The third-order valence-electron chi connectivity index (χ3n) is 4.56. The lowest BCUT2D eigenvalue weighted by atomic mass is 9.93. The number of carbonyl (C=O) groups excluding carboxylic acids is 2. The van der Waals surface area contributed by atoms with Crippen LogP contribution in [0.15, 0.2) is 29.7 Å². The fourth-order valence-electron chi connectivity index (χ4n) is 2.82. The molecule has 150 valence electrons. The second-order valence-electron chi connectivity index (χ2n) is 6.52. The van der Waals surface area contributed by atoms with Gasteiger partial charge in [0.05, 0.1) is 25.7 Å². The van der Waals surface area contributed by atoms with Crippen LogP contribution in [0.1, 0.15) is 29.6 Å². The van der Waals surface area contributed by atoms with Crippen LogP contribution in [-0.2, 0) is 11.8 Å². The fourth-order valence-corrected chi connectivity index (χ4v) is 3.55. The molecule has 1 saturated carbocycles. The minimum atomic E-state index is -0.232. The standard InChI is InChI=1S/C19H24N4O4S/c1-23-8-7-20-19(23)28-11-16(24)22-14-9-12(10-15(26-2)17(14)27-3)18(25)21-13-5-4-6-13/h7-10,13H,4-6,11H2,1-3H3,(H,21,25)(H,22,24). The van der Waals surface area contributed by atoms with E-state index in [1.54, 1.807) is 18.3 Å². The van der Waals surface area contributed by atoms with E-state index in [0.29, 0.717) is 22.7 Å². The molecular formula is C19H24N4O4S. The van der Waals surface area contributed by atoms with Crippen molar-refractivity contribution in [1.82, 2.24) is 14.9 Å². The van der Waals surface area contributed by atoms with Gasteiger partial charge in [-0.3, -0.25) is 9.59 Å². The van der Waals surface area contributed by atoms with Gasteiger partial charge < -0.3 is 24.7 Å². The molecule has 0 bridgehead atoms. The van der Waals surface area contributed by atoms with Gasteiger partial charge in [0.1, 0.15) is 0 Å². The van der Waals surface area contributed by atoms with E-state index in [9.17, 15) is 9.59 Å². The summed E-state index contributed by atoms with van der Waals surface area (Å²) in [4.78, 5) is 29.2. The highest BCUT2D eigenvalue weighted by atomic mass is 32.2. The van der Waals surface area contributed by atoms with Crippen molar-refractivity contribution in [2.75, 3.05) is 25.3 Å². The van der Waals surface area contributed by atoms with Crippen LogP contribution >= 0.6 is 11.8 Å². The van der Waals surface area contributed by atoms with Gasteiger partial charge in [-0.2, -0.15) is 0 Å². The summed E-state index contributed by atoms with van der Waals surface area (Å²) < 4.78 is 12.6. The van der Waals surface area contributed by atoms with Gasteiger partial charge in [-0.1, -0.05) is 11.8 Å². The summed E-state index contributed by atoms with van der Waals surface area (Å²) >= 11 is 1.32. The molecule has 28 heavy (non-hydrogen) atoms. The summed E-state index contributed by atoms with van der Waals surface area (Å²) in [5.74, 6) is 0.511. The van der Waals surface area contributed by atoms with Gasteiger partial charge in [0.25, 0.3) is 5.91 Å². The number of amides is 2. The molecule has 1 aromatic heterocycles. The number of hydrogen-bond acceptors (Lipinski definition) is 6. The number of rotatable bonds is 8. The van der Waals surface area contributed by atoms with Gasteiger partial charge in [-0.05, 0) is 31.4 Å². The van der Waals surface area contributed by atoms with Crippen LogP contribution in [0.2, 0.25) is 0 Å². The first-order valence-electron chi connectivity index (χ1n) is 8.98. The zero-order valence-corrected chi connectivity index (χ0v) is 17.0. The summed E-state index contributed by atoms with van der Waals surface area (Å²) in [5, 5.41) is 6.55. The number of aromatic nitrogens is 2. The van der Waals surface area contributed by atoms with Crippen molar-refractivity contribution in [2.45, 2.75) is 30.5 Å². The van der Waals surface area contributed by atoms with Crippen LogP contribution < -0.4 is 20.1 Å². The van der Waals surface area contributed by atoms with Crippen molar-refractivity contribution in [3.63, 3.8) is 0 Å². The van der Waals surface area contributed by atoms with E-state index in [4.69, 9.17) is 9.47 Å². The molecule has 1 aliphatic carbocycles. The molecule has 2 amide bonds. The molecule has 8 nitrogen and oxygen atoms in total. The molecule has 1 fully saturated rings. The highest BCUT2D eigenvalue weighted by Gasteiger charge is 2.23. The topological polar surface area (TPSA) is 94.5 Å². The molecule has 0 saturated heterocycles. The van der Waals surface area contributed by atoms with E-state index in [0.717, 1.165) is 24.4 Å². The Morgan fingerprint density at radius 2 is 2.07 bits per heavy atom. The summed E-state index contributed by atoms with van der Waals surface area (Å²) in [6.45, 7) is 0. The zero-order valence-electron chi connectivity index (χ0n) is 16.2. The first-order valence-corrected chi connectivity index (χ1v) is 9.97. The average molecular weight is 404 g/mol. The van der Waals surface area contributed by atoms with Crippen molar-refractivity contribution >= 4 is 29.3 Å². The molecule has 0 spiro atoms. The highest BCUT2D eigenvalue weighted by molar-refractivity contribution is 7.99. The van der Waals surface area contributed by atoms with Crippen LogP contribution in [0.4, 0.5) is 5.69 Å². The minimum Gasteiger partial charge on any atom is -0.493 e. The van der Waals surface area contributed by atoms with Crippen LogP contribution in [0.5, 0.6) is 11.5 Å². The number of thioether (sulfide) groups is 1. The molecule has 0 aliphatic heterocycles. The van der Waals surface area contributed by atoms with E-state index in [2.05, 4.69) is 15.6 Å². The van der Waals surface area contributed by atoms with Gasteiger partial charge in [0, 0.05) is 31.0 Å². The van der Waals surface area contributed by atoms with E-state index in [1.165, 1.54) is 26.0 Å². The maximum absolute atomic E-state index is 12.5. The quantitative estimate of drug-likeness (QED) is 0.657. The lowest BCUT2D eigenvalue weighted by Crippen LogP contribution is -2.39. The molecule has 1 aliphatic rings. The van der Waals surface area contributed by atoms with Crippen molar-refractivity contribution in [1.29, 1.82) is 0 Å². The van der Waals surface area contributed by atoms with Crippen molar-refractivity contribution in [2.24, 2.45) is 7.05 Å². The van der Waals surface area contributed by atoms with Crippen LogP contribution in [0.25, 0.3) is 0 Å². The SMILES string of the molecule is COc1cc(C(=O)NC2CCC2)cc(NC(=O)CSc2nccn2C)c1OC. The third-order valence-corrected chi connectivity index (χ3v) is 5.62. The summed E-state index contributed by atoms with van der Waals surface area (Å²) in [5.41, 5.74) is 0.808. The number of methoxy groups -OCH3 is 2. The Morgan fingerprint density at radius 1 is 1.29 bits per heavy atom. The first kappa shape index (κ1) is 20.1. The predicted octanol–water partition coefficient (Wildman–Crippen LogP) is 2.45. The number of anilines is 1. The summed E-state index contributed by atoms with van der Waals surface area (Å²) in [6.07, 6.45) is 6.61. The average Bonchev–Trinajstić information content (AvgIpc) is 3.07. The smallest absolute Gasteiger partial charge is 0.251 e.